The van der Waals surface area contributed by atoms with Crippen molar-refractivity contribution < 1.29 is 9.63 Å². The van der Waals surface area contributed by atoms with E-state index in [9.17, 15) is 4.79 Å². The largest absolute Gasteiger partial charge is 0.278 e. The van der Waals surface area contributed by atoms with E-state index in [1.807, 2.05) is 78.9 Å². The van der Waals surface area contributed by atoms with Gasteiger partial charge < -0.3 is 0 Å². The fourth-order valence-corrected chi connectivity index (χ4v) is 2.71. The standard InChI is InChI=1S/C23H21NO2/c1-2-22(20-14-8-4-9-15-20)24(23(25)21-16-10-5-11-17-21)26-18-19-12-6-3-7-13-19/h2-17,22H,1,18H2. The lowest BCUT2D eigenvalue weighted by molar-refractivity contribution is -0.150. The molecule has 0 aromatic heterocycles. The van der Waals surface area contributed by atoms with Crippen LogP contribution >= 0.6 is 0 Å². The molecular weight excluding hydrogens is 322 g/mol. The highest BCUT2D eigenvalue weighted by Gasteiger charge is 2.25. The van der Waals surface area contributed by atoms with Crippen molar-refractivity contribution in [1.82, 2.24) is 5.06 Å². The van der Waals surface area contributed by atoms with Gasteiger partial charge in [0.1, 0.15) is 12.6 Å². The highest BCUT2D eigenvalue weighted by Crippen LogP contribution is 2.25. The number of rotatable bonds is 7. The Morgan fingerprint density at radius 2 is 1.42 bits per heavy atom. The van der Waals surface area contributed by atoms with Crippen molar-refractivity contribution in [3.05, 3.63) is 120 Å². The molecule has 3 nitrogen and oxygen atoms in total. The summed E-state index contributed by atoms with van der Waals surface area (Å²) >= 11 is 0. The van der Waals surface area contributed by atoms with Gasteiger partial charge >= 0.3 is 0 Å². The van der Waals surface area contributed by atoms with Gasteiger partial charge in [-0.25, -0.2) is 5.06 Å². The second-order valence-corrected chi connectivity index (χ2v) is 5.85. The second kappa shape index (κ2) is 8.79. The van der Waals surface area contributed by atoms with Gasteiger partial charge in [0.25, 0.3) is 5.91 Å². The van der Waals surface area contributed by atoms with Crippen LogP contribution in [0.1, 0.15) is 27.5 Å². The van der Waals surface area contributed by atoms with Crippen molar-refractivity contribution in [1.29, 1.82) is 0 Å². The molecule has 3 heteroatoms. The summed E-state index contributed by atoms with van der Waals surface area (Å²) in [6, 6.07) is 28.3. The van der Waals surface area contributed by atoms with Crippen LogP contribution in [0.3, 0.4) is 0 Å². The molecule has 3 rings (SSSR count). The van der Waals surface area contributed by atoms with Gasteiger partial charge in [0.15, 0.2) is 0 Å². The molecule has 3 aromatic carbocycles. The molecule has 0 aliphatic rings. The minimum absolute atomic E-state index is 0.199. The van der Waals surface area contributed by atoms with Gasteiger partial charge in [-0.05, 0) is 23.3 Å². The Kier molecular flexibility index (Phi) is 5.96. The van der Waals surface area contributed by atoms with Gasteiger partial charge in [0.05, 0.1) is 0 Å². The third kappa shape index (κ3) is 4.26. The first kappa shape index (κ1) is 17.6. The number of hydrogen-bond donors (Lipinski definition) is 0. The molecule has 0 heterocycles. The summed E-state index contributed by atoms with van der Waals surface area (Å²) in [6.07, 6.45) is 1.72. The van der Waals surface area contributed by atoms with Gasteiger partial charge in [0, 0.05) is 5.56 Å². The van der Waals surface area contributed by atoms with Gasteiger partial charge in [-0.15, -0.1) is 6.58 Å². The van der Waals surface area contributed by atoms with E-state index in [1.165, 1.54) is 5.06 Å². The number of nitrogens with zero attached hydrogens (tertiary/aromatic N) is 1. The maximum absolute atomic E-state index is 13.1. The highest BCUT2D eigenvalue weighted by molar-refractivity contribution is 5.93. The number of carbonyl (C=O) groups is 1. The average molecular weight is 343 g/mol. The first-order valence-electron chi connectivity index (χ1n) is 8.52. The van der Waals surface area contributed by atoms with Gasteiger partial charge in [0.2, 0.25) is 0 Å². The molecule has 0 radical (unpaired) electrons. The quantitative estimate of drug-likeness (QED) is 0.436. The van der Waals surface area contributed by atoms with Crippen LogP contribution in [0.4, 0.5) is 0 Å². The predicted molar refractivity (Wildman–Crippen MR) is 103 cm³/mol. The maximum atomic E-state index is 13.1. The molecule has 0 saturated heterocycles. The van der Waals surface area contributed by atoms with E-state index in [1.54, 1.807) is 18.2 Å². The minimum atomic E-state index is -0.382. The van der Waals surface area contributed by atoms with Crippen LogP contribution in [0.15, 0.2) is 104 Å². The zero-order valence-corrected chi connectivity index (χ0v) is 14.5. The third-order valence-electron chi connectivity index (χ3n) is 4.05. The van der Waals surface area contributed by atoms with Gasteiger partial charge in [-0.1, -0.05) is 84.9 Å². The maximum Gasteiger partial charge on any atom is 0.278 e. The first-order valence-corrected chi connectivity index (χ1v) is 8.52. The number of hydrogen-bond acceptors (Lipinski definition) is 2. The molecule has 3 aromatic rings. The van der Waals surface area contributed by atoms with Crippen molar-refractivity contribution in [2.24, 2.45) is 0 Å². The Labute approximate surface area is 154 Å². The molecule has 0 bridgehead atoms. The third-order valence-corrected chi connectivity index (χ3v) is 4.05. The monoisotopic (exact) mass is 343 g/mol. The van der Waals surface area contributed by atoms with Crippen molar-refractivity contribution in [3.63, 3.8) is 0 Å². The molecule has 26 heavy (non-hydrogen) atoms. The molecule has 0 fully saturated rings. The van der Waals surface area contributed by atoms with Crippen LogP contribution in [0.5, 0.6) is 0 Å². The van der Waals surface area contributed by atoms with E-state index in [0.717, 1.165) is 11.1 Å². The molecule has 1 atom stereocenters. The normalized spacial score (nSPS) is 11.5. The molecule has 130 valence electrons. The molecule has 0 saturated carbocycles. The topological polar surface area (TPSA) is 29.5 Å². The smallest absolute Gasteiger partial charge is 0.267 e. The molecule has 1 amide bonds. The number of hydroxylamine groups is 2. The molecule has 0 aliphatic carbocycles. The van der Waals surface area contributed by atoms with E-state index in [0.29, 0.717) is 12.2 Å². The molecular formula is C23H21NO2. The van der Waals surface area contributed by atoms with Crippen molar-refractivity contribution in [3.8, 4) is 0 Å². The molecule has 0 aliphatic heterocycles. The fraction of sp³-hybridized carbons (Fsp3) is 0.0870. The van der Waals surface area contributed by atoms with E-state index >= 15 is 0 Å². The fourth-order valence-electron chi connectivity index (χ4n) is 2.71. The summed E-state index contributed by atoms with van der Waals surface area (Å²) in [5, 5.41) is 1.41. The van der Waals surface area contributed by atoms with Crippen molar-refractivity contribution >= 4 is 5.91 Å². The Bertz CT molecular complexity index is 832. The van der Waals surface area contributed by atoms with Crippen LogP contribution in [-0.2, 0) is 11.4 Å². The number of benzene rings is 3. The molecule has 0 spiro atoms. The second-order valence-electron chi connectivity index (χ2n) is 5.85. The van der Waals surface area contributed by atoms with Crippen LogP contribution < -0.4 is 0 Å². The van der Waals surface area contributed by atoms with Crippen LogP contribution in [-0.4, -0.2) is 11.0 Å². The van der Waals surface area contributed by atoms with Crippen molar-refractivity contribution in [2.75, 3.05) is 0 Å². The van der Waals surface area contributed by atoms with E-state index < -0.39 is 0 Å². The number of carbonyl (C=O) groups excluding carboxylic acids is 1. The summed E-state index contributed by atoms with van der Waals surface area (Å²) in [4.78, 5) is 19.1. The summed E-state index contributed by atoms with van der Waals surface area (Å²) < 4.78 is 0. The van der Waals surface area contributed by atoms with E-state index in [4.69, 9.17) is 4.84 Å². The van der Waals surface area contributed by atoms with E-state index in [2.05, 4.69) is 6.58 Å². The van der Waals surface area contributed by atoms with Crippen LogP contribution in [0.25, 0.3) is 0 Å². The Balaban J connectivity index is 1.89. The van der Waals surface area contributed by atoms with Crippen LogP contribution in [0.2, 0.25) is 0 Å². The highest BCUT2D eigenvalue weighted by atomic mass is 16.7. The lowest BCUT2D eigenvalue weighted by Gasteiger charge is -2.29. The van der Waals surface area contributed by atoms with E-state index in [-0.39, 0.29) is 11.9 Å². The lowest BCUT2D eigenvalue weighted by atomic mass is 10.1. The minimum Gasteiger partial charge on any atom is -0.267 e. The zero-order valence-electron chi connectivity index (χ0n) is 14.5. The summed E-state index contributed by atoms with van der Waals surface area (Å²) in [5.41, 5.74) is 2.51. The summed E-state index contributed by atoms with van der Waals surface area (Å²) in [6.45, 7) is 4.22. The zero-order chi connectivity index (χ0) is 18.2. The lowest BCUT2D eigenvalue weighted by Crippen LogP contribution is -2.34. The number of amides is 1. The Morgan fingerprint density at radius 1 is 0.885 bits per heavy atom. The molecule has 1 unspecified atom stereocenters. The Morgan fingerprint density at radius 3 is 2.00 bits per heavy atom. The van der Waals surface area contributed by atoms with Gasteiger partial charge in [-0.3, -0.25) is 9.63 Å². The predicted octanol–water partition coefficient (Wildman–Crippen LogP) is 5.19. The Hall–Kier alpha value is -3.17. The first-order chi connectivity index (χ1) is 12.8. The van der Waals surface area contributed by atoms with Crippen LogP contribution in [0, 0.1) is 0 Å². The summed E-state index contributed by atoms with van der Waals surface area (Å²) in [5.74, 6) is -0.199. The molecule has 0 N–H and O–H groups in total. The van der Waals surface area contributed by atoms with Crippen molar-refractivity contribution in [2.45, 2.75) is 12.6 Å². The van der Waals surface area contributed by atoms with Gasteiger partial charge in [-0.2, -0.15) is 0 Å². The average Bonchev–Trinajstić information content (AvgIpc) is 2.72. The summed E-state index contributed by atoms with van der Waals surface area (Å²) in [7, 11) is 0. The SMILES string of the molecule is C=CC(c1ccccc1)N(OCc1ccccc1)C(=O)c1ccccc1.